The van der Waals surface area contributed by atoms with Gasteiger partial charge < -0.3 is 10.1 Å². The minimum Gasteiger partial charge on any atom is -0.452 e. The molecule has 8 heteroatoms. The number of esters is 1. The molecule has 2 rings (SSSR count). The Bertz CT molecular complexity index is 818. The van der Waals surface area contributed by atoms with Crippen LogP contribution in [0.2, 0.25) is 0 Å². The zero-order valence-corrected chi connectivity index (χ0v) is 14.4. The maximum atomic E-state index is 11.7. The van der Waals surface area contributed by atoms with Crippen LogP contribution in [0.4, 0.5) is 11.4 Å². The van der Waals surface area contributed by atoms with E-state index >= 15 is 0 Å². The van der Waals surface area contributed by atoms with Gasteiger partial charge in [0, 0.05) is 22.3 Å². The molecule has 0 radical (unpaired) electrons. The smallest absolute Gasteiger partial charge is 0.331 e. The number of carbonyl (C=O) groups is 2. The summed E-state index contributed by atoms with van der Waals surface area (Å²) in [6.07, 6.45) is 2.31. The van der Waals surface area contributed by atoms with Gasteiger partial charge in [0.25, 0.3) is 11.6 Å². The predicted molar refractivity (Wildman–Crippen MR) is 95.9 cm³/mol. The molecule has 25 heavy (non-hydrogen) atoms. The van der Waals surface area contributed by atoms with Gasteiger partial charge in [-0.1, -0.05) is 28.1 Å². The standard InChI is InChI=1S/C17H13BrN2O5/c18-13-6-8-14(9-7-13)19-16(21)11-25-17(22)10-5-12-3-1-2-4-15(12)20(23)24/h1-10H,11H2,(H,19,21)/b10-5+. The first-order valence-corrected chi connectivity index (χ1v) is 7.88. The molecular formula is C17H13BrN2O5. The van der Waals surface area contributed by atoms with Crippen molar-refractivity contribution in [2.45, 2.75) is 0 Å². The second-order valence-corrected chi connectivity index (χ2v) is 5.73. The number of benzene rings is 2. The summed E-state index contributed by atoms with van der Waals surface area (Å²) in [5.74, 6) is -1.26. The molecular weight excluding hydrogens is 392 g/mol. The minimum absolute atomic E-state index is 0.125. The van der Waals surface area contributed by atoms with E-state index in [4.69, 9.17) is 4.74 Å². The van der Waals surface area contributed by atoms with E-state index in [-0.39, 0.29) is 11.3 Å². The first-order chi connectivity index (χ1) is 12.0. The highest BCUT2D eigenvalue weighted by molar-refractivity contribution is 9.10. The summed E-state index contributed by atoms with van der Waals surface area (Å²) in [6, 6.07) is 12.9. The lowest BCUT2D eigenvalue weighted by Gasteiger charge is -2.05. The molecule has 0 aliphatic heterocycles. The van der Waals surface area contributed by atoms with Gasteiger partial charge in [0.15, 0.2) is 6.61 Å². The number of nitro groups is 1. The number of nitro benzene ring substituents is 1. The lowest BCUT2D eigenvalue weighted by Crippen LogP contribution is -2.20. The summed E-state index contributed by atoms with van der Waals surface area (Å²) in [6.45, 7) is -0.462. The van der Waals surface area contributed by atoms with Gasteiger partial charge in [-0.05, 0) is 36.4 Å². The van der Waals surface area contributed by atoms with Crippen molar-refractivity contribution in [2.24, 2.45) is 0 Å². The van der Waals surface area contributed by atoms with Crippen LogP contribution in [-0.4, -0.2) is 23.4 Å². The summed E-state index contributed by atoms with van der Waals surface area (Å²) in [7, 11) is 0. The Kier molecular flexibility index (Phi) is 6.41. The van der Waals surface area contributed by atoms with E-state index < -0.39 is 23.4 Å². The van der Waals surface area contributed by atoms with E-state index in [1.165, 1.54) is 24.3 Å². The molecule has 7 nitrogen and oxygen atoms in total. The third-order valence-electron chi connectivity index (χ3n) is 3.01. The maximum Gasteiger partial charge on any atom is 0.331 e. The van der Waals surface area contributed by atoms with Gasteiger partial charge in [-0.2, -0.15) is 0 Å². The lowest BCUT2D eigenvalue weighted by molar-refractivity contribution is -0.385. The molecule has 1 amide bonds. The van der Waals surface area contributed by atoms with Crippen molar-refractivity contribution < 1.29 is 19.2 Å². The van der Waals surface area contributed by atoms with Gasteiger partial charge >= 0.3 is 5.97 Å². The predicted octanol–water partition coefficient (Wildman–Crippen LogP) is 3.55. The van der Waals surface area contributed by atoms with Crippen LogP contribution in [0, 0.1) is 10.1 Å². The average molecular weight is 405 g/mol. The molecule has 0 aromatic heterocycles. The zero-order chi connectivity index (χ0) is 18.2. The van der Waals surface area contributed by atoms with Gasteiger partial charge in [-0.25, -0.2) is 4.79 Å². The Morgan fingerprint density at radius 3 is 2.52 bits per heavy atom. The number of para-hydroxylation sites is 1. The molecule has 0 aliphatic rings. The van der Waals surface area contributed by atoms with Crippen LogP contribution in [0.25, 0.3) is 6.08 Å². The molecule has 2 aromatic rings. The number of anilines is 1. The highest BCUT2D eigenvalue weighted by Crippen LogP contribution is 2.19. The van der Waals surface area contributed by atoms with Crippen LogP contribution in [0.3, 0.4) is 0 Å². The Balaban J connectivity index is 1.87. The molecule has 0 aliphatic carbocycles. The number of hydrogen-bond acceptors (Lipinski definition) is 5. The van der Waals surface area contributed by atoms with E-state index in [0.717, 1.165) is 10.5 Å². The fourth-order valence-corrected chi connectivity index (χ4v) is 2.13. The van der Waals surface area contributed by atoms with Crippen LogP contribution in [0.5, 0.6) is 0 Å². The second kappa shape index (κ2) is 8.74. The molecule has 0 heterocycles. The van der Waals surface area contributed by atoms with Gasteiger partial charge in [-0.3, -0.25) is 14.9 Å². The third kappa shape index (κ3) is 5.85. The highest BCUT2D eigenvalue weighted by Gasteiger charge is 2.10. The van der Waals surface area contributed by atoms with E-state index in [2.05, 4.69) is 21.2 Å². The van der Waals surface area contributed by atoms with Crippen molar-refractivity contribution in [3.63, 3.8) is 0 Å². The Hall–Kier alpha value is -3.00. The van der Waals surface area contributed by atoms with Crippen LogP contribution in [-0.2, 0) is 14.3 Å². The SMILES string of the molecule is O=C(COC(=O)/C=C/c1ccccc1[N+](=O)[O-])Nc1ccc(Br)cc1. The van der Waals surface area contributed by atoms with E-state index in [9.17, 15) is 19.7 Å². The van der Waals surface area contributed by atoms with Gasteiger partial charge in [-0.15, -0.1) is 0 Å². The van der Waals surface area contributed by atoms with Gasteiger partial charge in [0.1, 0.15) is 0 Å². The van der Waals surface area contributed by atoms with E-state index in [1.807, 2.05) is 0 Å². The van der Waals surface area contributed by atoms with Crippen molar-refractivity contribution in [2.75, 3.05) is 11.9 Å². The number of carbonyl (C=O) groups excluding carboxylic acids is 2. The Labute approximate surface area is 151 Å². The minimum atomic E-state index is -0.774. The normalized spacial score (nSPS) is 10.4. The maximum absolute atomic E-state index is 11.7. The molecule has 0 saturated heterocycles. The molecule has 0 bridgehead atoms. The van der Waals surface area contributed by atoms with Crippen LogP contribution >= 0.6 is 15.9 Å². The van der Waals surface area contributed by atoms with Crippen molar-refractivity contribution in [3.8, 4) is 0 Å². The molecule has 0 atom stereocenters. The molecule has 0 saturated carbocycles. The largest absolute Gasteiger partial charge is 0.452 e. The Morgan fingerprint density at radius 2 is 1.84 bits per heavy atom. The quantitative estimate of drug-likeness (QED) is 0.343. The fraction of sp³-hybridized carbons (Fsp3) is 0.0588. The number of rotatable bonds is 6. The lowest BCUT2D eigenvalue weighted by atomic mass is 10.1. The first-order valence-electron chi connectivity index (χ1n) is 7.09. The van der Waals surface area contributed by atoms with Crippen molar-refractivity contribution >= 4 is 45.3 Å². The molecule has 1 N–H and O–H groups in total. The summed E-state index contributed by atoms with van der Waals surface area (Å²) in [4.78, 5) is 33.7. The number of nitrogens with one attached hydrogen (secondary N) is 1. The summed E-state index contributed by atoms with van der Waals surface area (Å²) >= 11 is 3.28. The molecule has 0 unspecified atom stereocenters. The number of ether oxygens (including phenoxy) is 1. The molecule has 0 fully saturated rings. The molecule has 128 valence electrons. The monoisotopic (exact) mass is 404 g/mol. The molecule has 2 aromatic carbocycles. The second-order valence-electron chi connectivity index (χ2n) is 4.81. The first kappa shape index (κ1) is 18.3. The third-order valence-corrected chi connectivity index (χ3v) is 3.53. The zero-order valence-electron chi connectivity index (χ0n) is 12.8. The van der Waals surface area contributed by atoms with Crippen molar-refractivity contribution in [3.05, 3.63) is 74.8 Å². The summed E-state index contributed by atoms with van der Waals surface area (Å²) in [5.41, 5.74) is 0.711. The van der Waals surface area contributed by atoms with Gasteiger partial charge in [0.05, 0.1) is 10.5 Å². The highest BCUT2D eigenvalue weighted by atomic mass is 79.9. The van der Waals surface area contributed by atoms with Crippen LogP contribution in [0.1, 0.15) is 5.56 Å². The Morgan fingerprint density at radius 1 is 1.16 bits per heavy atom. The van der Waals surface area contributed by atoms with Crippen LogP contribution in [0.15, 0.2) is 59.1 Å². The van der Waals surface area contributed by atoms with E-state index in [0.29, 0.717) is 5.69 Å². The van der Waals surface area contributed by atoms with E-state index in [1.54, 1.807) is 30.3 Å². The summed E-state index contributed by atoms with van der Waals surface area (Å²) < 4.78 is 5.68. The summed E-state index contributed by atoms with van der Waals surface area (Å²) in [5, 5.41) is 13.4. The number of halogens is 1. The average Bonchev–Trinajstić information content (AvgIpc) is 2.60. The fourth-order valence-electron chi connectivity index (χ4n) is 1.87. The number of nitrogens with zero attached hydrogens (tertiary/aromatic N) is 1. The van der Waals surface area contributed by atoms with Crippen molar-refractivity contribution in [1.82, 2.24) is 0 Å². The van der Waals surface area contributed by atoms with Crippen molar-refractivity contribution in [1.29, 1.82) is 0 Å². The number of hydrogen-bond donors (Lipinski definition) is 1. The molecule has 0 spiro atoms. The topological polar surface area (TPSA) is 98.5 Å². The van der Waals surface area contributed by atoms with Gasteiger partial charge in [0.2, 0.25) is 0 Å². The number of amides is 1. The van der Waals surface area contributed by atoms with Crippen LogP contribution < -0.4 is 5.32 Å².